The number of carbonyl (C=O) groups is 2. The highest BCUT2D eigenvalue weighted by molar-refractivity contribution is 5.81. The van der Waals surface area contributed by atoms with Gasteiger partial charge in [-0.2, -0.15) is 5.26 Å². The van der Waals surface area contributed by atoms with Gasteiger partial charge < -0.3 is 10.0 Å². The summed E-state index contributed by atoms with van der Waals surface area (Å²) in [5, 5.41) is 20.1. The van der Waals surface area contributed by atoms with Crippen molar-refractivity contribution < 1.29 is 14.7 Å². The van der Waals surface area contributed by atoms with Crippen LogP contribution in [0.2, 0.25) is 0 Å². The fourth-order valence-electron chi connectivity index (χ4n) is 1.10. The summed E-state index contributed by atoms with van der Waals surface area (Å²) in [6, 6.07) is 1.95. The van der Waals surface area contributed by atoms with E-state index in [0.29, 0.717) is 13.0 Å². The molecule has 6 heteroatoms. The number of rotatable bonds is 7. The van der Waals surface area contributed by atoms with Gasteiger partial charge in [0, 0.05) is 13.6 Å². The second-order valence-electron chi connectivity index (χ2n) is 4.07. The van der Waals surface area contributed by atoms with Crippen molar-refractivity contribution in [2.24, 2.45) is 0 Å². The predicted molar refractivity (Wildman–Crippen MR) is 62.2 cm³/mol. The normalized spacial score (nSPS) is 13.5. The summed E-state index contributed by atoms with van der Waals surface area (Å²) in [7, 11) is 1.59. The van der Waals surface area contributed by atoms with Crippen LogP contribution in [0.3, 0.4) is 0 Å². The lowest BCUT2D eigenvalue weighted by molar-refractivity contribution is -0.144. The first-order valence-electron chi connectivity index (χ1n) is 5.46. The maximum Gasteiger partial charge on any atom is 0.323 e. The molecule has 0 radical (unpaired) electrons. The summed E-state index contributed by atoms with van der Waals surface area (Å²) in [5.41, 5.74) is -1.09. The first-order chi connectivity index (χ1) is 7.87. The number of nitrogens with one attached hydrogen (secondary N) is 1. The Morgan fingerprint density at radius 3 is 2.53 bits per heavy atom. The quantitative estimate of drug-likeness (QED) is 0.664. The standard InChI is InChI=1S/C11H19N3O3/c1-4-11(2,10(16)17)13-8-9(15)14(3)7-5-6-12/h13H,4-5,7-8H2,1-3H3,(H,16,17). The van der Waals surface area contributed by atoms with Crippen LogP contribution in [0.5, 0.6) is 0 Å². The summed E-state index contributed by atoms with van der Waals surface area (Å²) >= 11 is 0. The molecule has 6 nitrogen and oxygen atoms in total. The molecule has 0 heterocycles. The Morgan fingerprint density at radius 1 is 1.53 bits per heavy atom. The topological polar surface area (TPSA) is 93.4 Å². The van der Waals surface area contributed by atoms with Crippen molar-refractivity contribution in [2.75, 3.05) is 20.1 Å². The van der Waals surface area contributed by atoms with Gasteiger partial charge in [-0.15, -0.1) is 0 Å². The molecule has 0 aliphatic heterocycles. The number of amides is 1. The third-order valence-electron chi connectivity index (χ3n) is 2.79. The van der Waals surface area contributed by atoms with Crippen molar-refractivity contribution >= 4 is 11.9 Å². The number of nitrogens with zero attached hydrogens (tertiary/aromatic N) is 2. The number of nitriles is 1. The molecule has 2 N–H and O–H groups in total. The Kier molecular flexibility index (Phi) is 6.21. The first kappa shape index (κ1) is 15.4. The number of hydrogen-bond acceptors (Lipinski definition) is 4. The van der Waals surface area contributed by atoms with Crippen molar-refractivity contribution in [3.05, 3.63) is 0 Å². The number of aliphatic carboxylic acids is 1. The summed E-state index contributed by atoms with van der Waals surface area (Å²) in [5.74, 6) is -1.20. The first-order valence-corrected chi connectivity index (χ1v) is 5.46. The highest BCUT2D eigenvalue weighted by Gasteiger charge is 2.31. The number of carboxylic acids is 1. The zero-order valence-electron chi connectivity index (χ0n) is 10.5. The molecule has 1 unspecified atom stereocenters. The average molecular weight is 241 g/mol. The molecule has 0 aliphatic carbocycles. The molecule has 1 atom stereocenters. The van der Waals surface area contributed by atoms with Crippen molar-refractivity contribution in [3.8, 4) is 6.07 Å². The van der Waals surface area contributed by atoms with Crippen LogP contribution < -0.4 is 5.32 Å². The van der Waals surface area contributed by atoms with Gasteiger partial charge in [-0.25, -0.2) is 0 Å². The highest BCUT2D eigenvalue weighted by Crippen LogP contribution is 2.08. The van der Waals surface area contributed by atoms with E-state index in [1.54, 1.807) is 14.0 Å². The fraction of sp³-hybridized carbons (Fsp3) is 0.727. The molecule has 0 fully saturated rings. The van der Waals surface area contributed by atoms with Crippen molar-refractivity contribution in [3.63, 3.8) is 0 Å². The van der Waals surface area contributed by atoms with Crippen LogP contribution in [-0.4, -0.2) is 47.6 Å². The number of likely N-dealkylation sites (N-methyl/N-ethyl adjacent to an activating group) is 1. The van der Waals surface area contributed by atoms with Gasteiger partial charge in [0.1, 0.15) is 5.54 Å². The minimum Gasteiger partial charge on any atom is -0.480 e. The van der Waals surface area contributed by atoms with Crippen molar-refractivity contribution in [1.82, 2.24) is 10.2 Å². The Bertz CT molecular complexity index is 324. The number of carbonyl (C=O) groups excluding carboxylic acids is 1. The van der Waals surface area contributed by atoms with E-state index in [2.05, 4.69) is 5.32 Å². The third-order valence-corrected chi connectivity index (χ3v) is 2.79. The maximum atomic E-state index is 11.6. The van der Waals surface area contributed by atoms with Gasteiger partial charge in [-0.1, -0.05) is 6.92 Å². The number of carboxylic acid groups (broad SMARTS) is 1. The highest BCUT2D eigenvalue weighted by atomic mass is 16.4. The lowest BCUT2D eigenvalue weighted by Crippen LogP contribution is -2.52. The van der Waals surface area contributed by atoms with Crippen LogP contribution in [0, 0.1) is 11.3 Å². The van der Waals surface area contributed by atoms with E-state index in [1.807, 2.05) is 6.07 Å². The van der Waals surface area contributed by atoms with Crippen LogP contribution in [-0.2, 0) is 9.59 Å². The van der Waals surface area contributed by atoms with Crippen LogP contribution in [0.4, 0.5) is 0 Å². The molecule has 17 heavy (non-hydrogen) atoms. The second kappa shape index (κ2) is 6.86. The van der Waals surface area contributed by atoms with E-state index in [0.717, 1.165) is 0 Å². The molecular weight excluding hydrogens is 222 g/mol. The molecule has 0 aliphatic rings. The van der Waals surface area contributed by atoms with E-state index in [4.69, 9.17) is 10.4 Å². The van der Waals surface area contributed by atoms with Crippen molar-refractivity contribution in [2.45, 2.75) is 32.2 Å². The fourth-order valence-corrected chi connectivity index (χ4v) is 1.10. The van der Waals surface area contributed by atoms with Crippen LogP contribution in [0.25, 0.3) is 0 Å². The maximum absolute atomic E-state index is 11.6. The average Bonchev–Trinajstić information content (AvgIpc) is 2.31. The zero-order valence-corrected chi connectivity index (χ0v) is 10.5. The molecule has 1 amide bonds. The Balaban J connectivity index is 4.23. The molecule has 0 aromatic heterocycles. The van der Waals surface area contributed by atoms with Gasteiger partial charge in [0.2, 0.25) is 5.91 Å². The Hall–Kier alpha value is -1.61. The van der Waals surface area contributed by atoms with Crippen LogP contribution in [0.15, 0.2) is 0 Å². The van der Waals surface area contributed by atoms with E-state index < -0.39 is 11.5 Å². The summed E-state index contributed by atoms with van der Waals surface area (Å²) in [6.45, 7) is 3.59. The van der Waals surface area contributed by atoms with Gasteiger partial charge in [0.15, 0.2) is 0 Å². The SMILES string of the molecule is CCC(C)(NCC(=O)N(C)CCC#N)C(=O)O. The number of hydrogen-bond donors (Lipinski definition) is 2. The molecule has 0 rings (SSSR count). The largest absolute Gasteiger partial charge is 0.480 e. The van der Waals surface area contributed by atoms with Crippen LogP contribution >= 0.6 is 0 Å². The van der Waals surface area contributed by atoms with E-state index >= 15 is 0 Å². The molecule has 0 saturated carbocycles. The smallest absolute Gasteiger partial charge is 0.323 e. The monoisotopic (exact) mass is 241 g/mol. The summed E-state index contributed by atoms with van der Waals surface area (Å²) in [4.78, 5) is 24.0. The van der Waals surface area contributed by atoms with Gasteiger partial charge in [0.25, 0.3) is 0 Å². The van der Waals surface area contributed by atoms with Gasteiger partial charge in [-0.05, 0) is 13.3 Å². The molecule has 0 aromatic carbocycles. The van der Waals surface area contributed by atoms with Gasteiger partial charge >= 0.3 is 5.97 Å². The molecule has 0 spiro atoms. The second-order valence-corrected chi connectivity index (χ2v) is 4.07. The van der Waals surface area contributed by atoms with Crippen molar-refractivity contribution in [1.29, 1.82) is 5.26 Å². The molecule has 0 saturated heterocycles. The molecule has 0 bridgehead atoms. The summed E-state index contributed by atoms with van der Waals surface area (Å²) < 4.78 is 0. The third kappa shape index (κ3) is 4.83. The predicted octanol–water partition coefficient (Wildman–Crippen LogP) is 0.201. The lowest BCUT2D eigenvalue weighted by Gasteiger charge is -2.25. The lowest BCUT2D eigenvalue weighted by atomic mass is 9.99. The zero-order chi connectivity index (χ0) is 13.5. The minimum absolute atomic E-state index is 0.0431. The summed E-state index contributed by atoms with van der Waals surface area (Å²) in [6.07, 6.45) is 0.656. The minimum atomic E-state index is -1.09. The Labute approximate surface area is 101 Å². The van der Waals surface area contributed by atoms with Gasteiger partial charge in [-0.3, -0.25) is 14.9 Å². The van der Waals surface area contributed by atoms with E-state index in [1.165, 1.54) is 11.8 Å². The molecular formula is C11H19N3O3. The Morgan fingerprint density at radius 2 is 2.12 bits per heavy atom. The van der Waals surface area contributed by atoms with E-state index in [9.17, 15) is 9.59 Å². The molecule has 96 valence electrons. The van der Waals surface area contributed by atoms with Crippen LogP contribution in [0.1, 0.15) is 26.7 Å². The molecule has 0 aromatic rings. The van der Waals surface area contributed by atoms with E-state index in [-0.39, 0.29) is 18.9 Å². The van der Waals surface area contributed by atoms with Gasteiger partial charge in [0.05, 0.1) is 19.0 Å².